The lowest BCUT2D eigenvalue weighted by Crippen LogP contribution is -2.42. The lowest BCUT2D eigenvalue weighted by molar-refractivity contribution is -0.126. The fraction of sp³-hybridized carbons (Fsp3) is 0.360. The van der Waals surface area contributed by atoms with Crippen LogP contribution in [0.25, 0.3) is 10.9 Å². The average Bonchev–Trinajstić information content (AvgIpc) is 3.48. The van der Waals surface area contributed by atoms with Gasteiger partial charge in [0.2, 0.25) is 12.7 Å². The number of hydrogen-bond donors (Lipinski definition) is 2. The number of likely N-dealkylation sites (tertiary alicyclic amines) is 1. The Balaban J connectivity index is 1.13. The molecule has 2 aliphatic heterocycles. The Morgan fingerprint density at radius 2 is 1.88 bits per heavy atom. The Bertz CT molecular complexity index is 1110. The van der Waals surface area contributed by atoms with E-state index in [0.717, 1.165) is 40.8 Å². The highest BCUT2D eigenvalue weighted by molar-refractivity contribution is 5.98. The van der Waals surface area contributed by atoms with Gasteiger partial charge in [-0.05, 0) is 48.6 Å². The summed E-state index contributed by atoms with van der Waals surface area (Å²) >= 11 is 0. The van der Waals surface area contributed by atoms with Gasteiger partial charge in [-0.25, -0.2) is 0 Å². The van der Waals surface area contributed by atoms with Gasteiger partial charge in [0.05, 0.1) is 0 Å². The minimum Gasteiger partial charge on any atom is -0.454 e. The molecule has 2 aliphatic rings. The number of carbonyl (C=O) groups excluding carboxylic acids is 2. The average molecular weight is 434 g/mol. The zero-order valence-corrected chi connectivity index (χ0v) is 18.1. The first kappa shape index (κ1) is 20.4. The highest BCUT2D eigenvalue weighted by atomic mass is 16.7. The summed E-state index contributed by atoms with van der Waals surface area (Å²) < 4.78 is 10.7. The number of amides is 2. The number of H-pyrrole nitrogens is 1. The molecule has 1 fully saturated rings. The van der Waals surface area contributed by atoms with E-state index in [-0.39, 0.29) is 30.4 Å². The Morgan fingerprint density at radius 3 is 2.69 bits per heavy atom. The second-order valence-corrected chi connectivity index (χ2v) is 8.59. The monoisotopic (exact) mass is 433 g/mol. The van der Waals surface area contributed by atoms with Crippen molar-refractivity contribution in [1.82, 2.24) is 15.2 Å². The summed E-state index contributed by atoms with van der Waals surface area (Å²) in [7, 11) is 0. The number of ether oxygens (including phenoxy) is 2. The molecule has 3 aromatic rings. The smallest absolute Gasteiger partial charge is 0.270 e. The van der Waals surface area contributed by atoms with Crippen molar-refractivity contribution < 1.29 is 19.1 Å². The highest BCUT2D eigenvalue weighted by Gasteiger charge is 2.30. The molecule has 2 aromatic carbocycles. The molecule has 1 saturated heterocycles. The first-order valence-electron chi connectivity index (χ1n) is 11.1. The van der Waals surface area contributed by atoms with Gasteiger partial charge >= 0.3 is 0 Å². The number of aromatic amines is 1. The van der Waals surface area contributed by atoms with Crippen LogP contribution in [0.4, 0.5) is 0 Å². The van der Waals surface area contributed by atoms with Gasteiger partial charge in [0, 0.05) is 36.5 Å². The molecule has 0 aliphatic carbocycles. The quantitative estimate of drug-likeness (QED) is 0.643. The molecule has 0 saturated carbocycles. The van der Waals surface area contributed by atoms with Crippen molar-refractivity contribution in [2.45, 2.75) is 26.3 Å². The van der Waals surface area contributed by atoms with Crippen LogP contribution in [0.2, 0.25) is 0 Å². The molecule has 3 heterocycles. The Labute approximate surface area is 186 Å². The summed E-state index contributed by atoms with van der Waals surface area (Å²) in [6, 6.07) is 15.5. The van der Waals surface area contributed by atoms with Crippen LogP contribution in [0, 0.1) is 11.8 Å². The van der Waals surface area contributed by atoms with Gasteiger partial charge in [-0.3, -0.25) is 9.59 Å². The Hall–Kier alpha value is -3.48. The normalized spacial score (nSPS) is 16.8. The number of nitrogens with zero attached hydrogens (tertiary/aromatic N) is 1. The Morgan fingerprint density at radius 1 is 1.09 bits per heavy atom. The van der Waals surface area contributed by atoms with Gasteiger partial charge in [0.1, 0.15) is 5.69 Å². The van der Waals surface area contributed by atoms with Gasteiger partial charge in [0.15, 0.2) is 11.5 Å². The van der Waals surface area contributed by atoms with Gasteiger partial charge < -0.3 is 24.7 Å². The molecule has 1 atom stereocenters. The number of piperidine rings is 1. The van der Waals surface area contributed by atoms with Crippen molar-refractivity contribution in [1.29, 1.82) is 0 Å². The first-order valence-corrected chi connectivity index (χ1v) is 11.1. The standard InChI is InChI=1S/C25H27N3O4/c1-16(24(29)26-14-17-6-7-22-23(12-17)32-15-31-22)18-8-10-28(11-9-18)25(30)21-13-19-4-2-3-5-20(19)27-21/h2-7,12-13,16,18,27H,8-11,14-15H2,1H3,(H,26,29). The van der Waals surface area contributed by atoms with E-state index in [0.29, 0.717) is 25.3 Å². The van der Waals surface area contributed by atoms with Crippen LogP contribution >= 0.6 is 0 Å². The number of fused-ring (bicyclic) bond motifs is 2. The molecule has 0 bridgehead atoms. The largest absolute Gasteiger partial charge is 0.454 e. The maximum atomic E-state index is 12.9. The van der Waals surface area contributed by atoms with Gasteiger partial charge in [-0.1, -0.05) is 31.2 Å². The number of para-hydroxylation sites is 1. The van der Waals surface area contributed by atoms with Crippen LogP contribution in [0.1, 0.15) is 35.8 Å². The number of benzene rings is 2. The van der Waals surface area contributed by atoms with Crippen LogP contribution < -0.4 is 14.8 Å². The minimum atomic E-state index is -0.102. The van der Waals surface area contributed by atoms with Crippen molar-refractivity contribution in [3.8, 4) is 11.5 Å². The number of rotatable bonds is 5. The predicted molar refractivity (Wildman–Crippen MR) is 121 cm³/mol. The maximum Gasteiger partial charge on any atom is 0.270 e. The van der Waals surface area contributed by atoms with E-state index in [9.17, 15) is 9.59 Å². The highest BCUT2D eigenvalue weighted by Crippen LogP contribution is 2.32. The van der Waals surface area contributed by atoms with Crippen LogP contribution in [-0.4, -0.2) is 41.6 Å². The molecule has 2 N–H and O–H groups in total. The zero-order valence-electron chi connectivity index (χ0n) is 18.1. The number of hydrogen-bond acceptors (Lipinski definition) is 4. The van der Waals surface area contributed by atoms with Crippen LogP contribution in [0.15, 0.2) is 48.5 Å². The van der Waals surface area contributed by atoms with Crippen molar-refractivity contribution in [3.05, 3.63) is 59.8 Å². The molecule has 166 valence electrons. The summed E-state index contributed by atoms with van der Waals surface area (Å²) in [4.78, 5) is 30.8. The topological polar surface area (TPSA) is 83.7 Å². The fourth-order valence-electron chi connectivity index (χ4n) is 4.58. The van der Waals surface area contributed by atoms with Crippen molar-refractivity contribution in [3.63, 3.8) is 0 Å². The molecule has 32 heavy (non-hydrogen) atoms. The molecule has 1 unspecified atom stereocenters. The van der Waals surface area contributed by atoms with Crippen molar-refractivity contribution >= 4 is 22.7 Å². The van der Waals surface area contributed by atoms with E-state index in [1.54, 1.807) is 0 Å². The summed E-state index contributed by atoms with van der Waals surface area (Å²) in [5.41, 5.74) is 2.58. The van der Waals surface area contributed by atoms with Crippen LogP contribution in [0.5, 0.6) is 11.5 Å². The predicted octanol–water partition coefficient (Wildman–Crippen LogP) is 3.70. The lowest BCUT2D eigenvalue weighted by Gasteiger charge is -2.34. The van der Waals surface area contributed by atoms with E-state index in [1.807, 2.05) is 60.4 Å². The maximum absolute atomic E-state index is 12.9. The van der Waals surface area contributed by atoms with Gasteiger partial charge in [0.25, 0.3) is 5.91 Å². The van der Waals surface area contributed by atoms with Crippen LogP contribution in [0.3, 0.4) is 0 Å². The summed E-state index contributed by atoms with van der Waals surface area (Å²) in [5, 5.41) is 4.08. The van der Waals surface area contributed by atoms with Crippen molar-refractivity contribution in [2.24, 2.45) is 11.8 Å². The Kier molecular flexibility index (Phi) is 5.47. The van der Waals surface area contributed by atoms with E-state index in [4.69, 9.17) is 9.47 Å². The third-order valence-electron chi connectivity index (χ3n) is 6.61. The minimum absolute atomic E-state index is 0.0274. The van der Waals surface area contributed by atoms with E-state index < -0.39 is 0 Å². The fourth-order valence-corrected chi connectivity index (χ4v) is 4.58. The molecular weight excluding hydrogens is 406 g/mol. The number of nitrogens with one attached hydrogen (secondary N) is 2. The number of carbonyl (C=O) groups is 2. The van der Waals surface area contributed by atoms with Gasteiger partial charge in [-0.15, -0.1) is 0 Å². The third kappa shape index (κ3) is 4.02. The lowest BCUT2D eigenvalue weighted by atomic mass is 9.84. The summed E-state index contributed by atoms with van der Waals surface area (Å²) in [5.74, 6) is 1.69. The first-order chi connectivity index (χ1) is 15.6. The SMILES string of the molecule is CC(C(=O)NCc1ccc2c(c1)OCO2)C1CCN(C(=O)c2cc3ccccc3[nH]2)CC1. The second kappa shape index (κ2) is 8.57. The molecule has 0 spiro atoms. The molecular formula is C25H27N3O4. The third-order valence-corrected chi connectivity index (χ3v) is 6.61. The molecule has 5 rings (SSSR count). The van der Waals surface area contributed by atoms with Crippen LogP contribution in [-0.2, 0) is 11.3 Å². The summed E-state index contributed by atoms with van der Waals surface area (Å²) in [6.45, 7) is 4.01. The molecule has 1 aromatic heterocycles. The van der Waals surface area contributed by atoms with E-state index >= 15 is 0 Å². The second-order valence-electron chi connectivity index (χ2n) is 8.59. The zero-order chi connectivity index (χ0) is 22.1. The molecule has 7 heteroatoms. The van der Waals surface area contributed by atoms with Gasteiger partial charge in [-0.2, -0.15) is 0 Å². The summed E-state index contributed by atoms with van der Waals surface area (Å²) in [6.07, 6.45) is 1.65. The number of aromatic nitrogens is 1. The molecule has 2 amide bonds. The van der Waals surface area contributed by atoms with E-state index in [1.165, 1.54) is 0 Å². The van der Waals surface area contributed by atoms with E-state index in [2.05, 4.69) is 10.3 Å². The molecule has 0 radical (unpaired) electrons. The molecule has 7 nitrogen and oxygen atoms in total. The van der Waals surface area contributed by atoms with Crippen molar-refractivity contribution in [2.75, 3.05) is 19.9 Å².